The first-order valence-corrected chi connectivity index (χ1v) is 8.54. The van der Waals surface area contributed by atoms with E-state index >= 15 is 0 Å². The molecule has 3 rings (SSSR count). The van der Waals surface area contributed by atoms with Gasteiger partial charge in [-0.2, -0.15) is 0 Å². The molecule has 4 heteroatoms. The SMILES string of the molecule is Cc1ccc(C)c(NC(=O)COC(=O)C[C@H]2C[C@H]3CC[C@H]2C3)c1. The number of hydrogen-bond donors (Lipinski definition) is 1. The summed E-state index contributed by atoms with van der Waals surface area (Å²) in [5.41, 5.74) is 2.86. The van der Waals surface area contributed by atoms with Crippen LogP contribution in [0.4, 0.5) is 5.69 Å². The van der Waals surface area contributed by atoms with Gasteiger partial charge < -0.3 is 10.1 Å². The van der Waals surface area contributed by atoms with Gasteiger partial charge >= 0.3 is 5.97 Å². The fourth-order valence-electron chi connectivity index (χ4n) is 4.10. The van der Waals surface area contributed by atoms with Gasteiger partial charge in [0.25, 0.3) is 5.91 Å². The minimum atomic E-state index is -0.278. The van der Waals surface area contributed by atoms with Crippen molar-refractivity contribution in [2.24, 2.45) is 17.8 Å². The molecule has 0 aromatic heterocycles. The lowest BCUT2D eigenvalue weighted by molar-refractivity contribution is -0.148. The molecule has 2 bridgehead atoms. The third-order valence-corrected chi connectivity index (χ3v) is 5.34. The highest BCUT2D eigenvalue weighted by molar-refractivity contribution is 5.93. The maximum absolute atomic E-state index is 12.0. The van der Waals surface area contributed by atoms with Crippen LogP contribution in [0.25, 0.3) is 0 Å². The van der Waals surface area contributed by atoms with E-state index in [2.05, 4.69) is 5.32 Å². The molecule has 0 aliphatic heterocycles. The quantitative estimate of drug-likeness (QED) is 0.845. The number of benzene rings is 1. The maximum atomic E-state index is 12.0. The van der Waals surface area contributed by atoms with E-state index < -0.39 is 0 Å². The third-order valence-electron chi connectivity index (χ3n) is 5.34. The van der Waals surface area contributed by atoms with E-state index in [4.69, 9.17) is 4.74 Å². The molecule has 2 aliphatic carbocycles. The zero-order valence-corrected chi connectivity index (χ0v) is 13.9. The molecular weight excluding hydrogens is 290 g/mol. The van der Waals surface area contributed by atoms with Crippen LogP contribution in [0.5, 0.6) is 0 Å². The van der Waals surface area contributed by atoms with Crippen LogP contribution in [0.1, 0.15) is 43.2 Å². The molecule has 2 saturated carbocycles. The molecule has 0 unspecified atom stereocenters. The average Bonchev–Trinajstić information content (AvgIpc) is 3.11. The van der Waals surface area contributed by atoms with Crippen molar-refractivity contribution in [3.63, 3.8) is 0 Å². The standard InChI is InChI=1S/C19H25NO3/c1-12-3-4-13(2)17(7-12)20-18(21)11-23-19(22)10-16-9-14-5-6-15(16)8-14/h3-4,7,14-16H,5-6,8-11H2,1-2H3,(H,20,21)/t14-,15-,16+/m0/s1. The van der Waals surface area contributed by atoms with Crippen LogP contribution in [0.3, 0.4) is 0 Å². The first kappa shape index (κ1) is 16.0. The Morgan fingerprint density at radius 1 is 1.22 bits per heavy atom. The van der Waals surface area contributed by atoms with Crippen molar-refractivity contribution in [1.29, 1.82) is 0 Å². The Balaban J connectivity index is 1.43. The number of amides is 1. The van der Waals surface area contributed by atoms with Crippen LogP contribution in [0.2, 0.25) is 0 Å². The number of fused-ring (bicyclic) bond motifs is 2. The summed E-state index contributed by atoms with van der Waals surface area (Å²) in [5, 5.41) is 2.81. The van der Waals surface area contributed by atoms with E-state index in [1.165, 1.54) is 19.3 Å². The Labute approximate surface area is 137 Å². The van der Waals surface area contributed by atoms with Gasteiger partial charge in [0, 0.05) is 12.1 Å². The first-order chi connectivity index (χ1) is 11.0. The highest BCUT2D eigenvalue weighted by Gasteiger charge is 2.40. The number of esters is 1. The zero-order valence-electron chi connectivity index (χ0n) is 13.9. The predicted molar refractivity (Wildman–Crippen MR) is 89.1 cm³/mol. The van der Waals surface area contributed by atoms with Gasteiger partial charge in [-0.15, -0.1) is 0 Å². The Morgan fingerprint density at radius 3 is 2.74 bits per heavy atom. The second-order valence-corrected chi connectivity index (χ2v) is 7.17. The Bertz CT molecular complexity index is 611. The number of nitrogens with one attached hydrogen (secondary N) is 1. The smallest absolute Gasteiger partial charge is 0.306 e. The molecule has 23 heavy (non-hydrogen) atoms. The first-order valence-electron chi connectivity index (χ1n) is 8.54. The van der Waals surface area contributed by atoms with Gasteiger partial charge in [0.2, 0.25) is 0 Å². The van der Waals surface area contributed by atoms with Crippen LogP contribution in [0, 0.1) is 31.6 Å². The van der Waals surface area contributed by atoms with Gasteiger partial charge in [-0.1, -0.05) is 18.6 Å². The van der Waals surface area contributed by atoms with Crippen LogP contribution in [-0.4, -0.2) is 18.5 Å². The summed E-state index contributed by atoms with van der Waals surface area (Å²) in [6.07, 6.45) is 5.50. The molecule has 1 aromatic rings. The van der Waals surface area contributed by atoms with Gasteiger partial charge in [-0.25, -0.2) is 0 Å². The Hall–Kier alpha value is -1.84. The van der Waals surface area contributed by atoms with Crippen LogP contribution < -0.4 is 5.32 Å². The number of rotatable bonds is 5. The lowest BCUT2D eigenvalue weighted by Crippen LogP contribution is -2.23. The molecule has 1 N–H and O–H groups in total. The van der Waals surface area contributed by atoms with Gasteiger partial charge in [-0.05, 0) is 68.1 Å². The maximum Gasteiger partial charge on any atom is 0.306 e. The molecule has 0 spiro atoms. The zero-order chi connectivity index (χ0) is 16.4. The molecule has 2 aliphatic rings. The molecule has 1 aromatic carbocycles. The molecule has 0 heterocycles. The van der Waals surface area contributed by atoms with E-state index in [0.29, 0.717) is 18.3 Å². The van der Waals surface area contributed by atoms with Crippen molar-refractivity contribution in [3.05, 3.63) is 29.3 Å². The molecule has 0 saturated heterocycles. The monoisotopic (exact) mass is 315 g/mol. The minimum absolute atomic E-state index is 0.201. The van der Waals surface area contributed by atoms with Crippen molar-refractivity contribution in [1.82, 2.24) is 0 Å². The Morgan fingerprint density at radius 2 is 2.04 bits per heavy atom. The largest absolute Gasteiger partial charge is 0.456 e. The van der Waals surface area contributed by atoms with Crippen molar-refractivity contribution in [3.8, 4) is 0 Å². The summed E-state index contributed by atoms with van der Waals surface area (Å²) in [6.45, 7) is 3.72. The molecule has 3 atom stereocenters. The minimum Gasteiger partial charge on any atom is -0.456 e. The lowest BCUT2D eigenvalue weighted by Gasteiger charge is -2.20. The van der Waals surface area contributed by atoms with Crippen molar-refractivity contribution >= 4 is 17.6 Å². The van der Waals surface area contributed by atoms with Gasteiger partial charge in [0.15, 0.2) is 6.61 Å². The molecular formula is C19H25NO3. The number of carbonyl (C=O) groups excluding carboxylic acids is 2. The number of carbonyl (C=O) groups is 2. The second kappa shape index (κ2) is 6.73. The normalized spacial score (nSPS) is 25.4. The number of aryl methyl sites for hydroxylation is 2. The third kappa shape index (κ3) is 3.92. The van der Waals surface area contributed by atoms with Gasteiger partial charge in [0.1, 0.15) is 0 Å². The second-order valence-electron chi connectivity index (χ2n) is 7.17. The van der Waals surface area contributed by atoms with E-state index in [9.17, 15) is 9.59 Å². The predicted octanol–water partition coefficient (Wildman–Crippen LogP) is 3.61. The average molecular weight is 315 g/mol. The van der Waals surface area contributed by atoms with E-state index in [0.717, 1.165) is 29.2 Å². The van der Waals surface area contributed by atoms with E-state index in [1.807, 2.05) is 32.0 Å². The fraction of sp³-hybridized carbons (Fsp3) is 0.579. The van der Waals surface area contributed by atoms with Gasteiger partial charge in [0.05, 0.1) is 0 Å². The Kier molecular flexibility index (Phi) is 4.69. The van der Waals surface area contributed by atoms with E-state index in [-0.39, 0.29) is 18.5 Å². The summed E-state index contributed by atoms with van der Waals surface area (Å²) in [7, 11) is 0. The summed E-state index contributed by atoms with van der Waals surface area (Å²) in [5.74, 6) is 1.49. The molecule has 0 radical (unpaired) electrons. The summed E-state index contributed by atoms with van der Waals surface area (Å²) in [6, 6.07) is 5.89. The summed E-state index contributed by atoms with van der Waals surface area (Å²) >= 11 is 0. The highest BCUT2D eigenvalue weighted by Crippen LogP contribution is 2.49. The molecule has 124 valence electrons. The van der Waals surface area contributed by atoms with Crippen molar-refractivity contribution < 1.29 is 14.3 Å². The number of anilines is 1. The van der Waals surface area contributed by atoms with Crippen molar-refractivity contribution in [2.45, 2.75) is 46.0 Å². The summed E-state index contributed by atoms with van der Waals surface area (Å²) < 4.78 is 5.16. The van der Waals surface area contributed by atoms with Gasteiger partial charge in [-0.3, -0.25) is 9.59 Å². The van der Waals surface area contributed by atoms with Crippen molar-refractivity contribution in [2.75, 3.05) is 11.9 Å². The number of hydrogen-bond acceptors (Lipinski definition) is 3. The number of ether oxygens (including phenoxy) is 1. The lowest BCUT2D eigenvalue weighted by atomic mass is 9.86. The molecule has 1 amide bonds. The summed E-state index contributed by atoms with van der Waals surface area (Å²) in [4.78, 5) is 23.9. The molecule has 4 nitrogen and oxygen atoms in total. The fourth-order valence-corrected chi connectivity index (χ4v) is 4.10. The van der Waals surface area contributed by atoms with Crippen LogP contribution >= 0.6 is 0 Å². The topological polar surface area (TPSA) is 55.4 Å². The highest BCUT2D eigenvalue weighted by atomic mass is 16.5. The van der Waals surface area contributed by atoms with Crippen LogP contribution in [0.15, 0.2) is 18.2 Å². The van der Waals surface area contributed by atoms with Crippen LogP contribution in [-0.2, 0) is 14.3 Å². The molecule has 2 fully saturated rings. The van der Waals surface area contributed by atoms with E-state index in [1.54, 1.807) is 0 Å².